The van der Waals surface area contributed by atoms with Crippen LogP contribution in [-0.2, 0) is 9.53 Å². The van der Waals surface area contributed by atoms with Gasteiger partial charge in [-0.05, 0) is 11.5 Å². The lowest BCUT2D eigenvalue weighted by Crippen LogP contribution is -2.48. The zero-order valence-corrected chi connectivity index (χ0v) is 13.4. The van der Waals surface area contributed by atoms with Crippen molar-refractivity contribution in [1.29, 1.82) is 0 Å². The minimum Gasteiger partial charge on any atom is -0.378 e. The van der Waals surface area contributed by atoms with Gasteiger partial charge in [-0.25, -0.2) is 0 Å². The second-order valence-electron chi connectivity index (χ2n) is 6.20. The summed E-state index contributed by atoms with van der Waals surface area (Å²) < 4.78 is 5.69. The summed E-state index contributed by atoms with van der Waals surface area (Å²) in [4.78, 5) is 14.4. The summed E-state index contributed by atoms with van der Waals surface area (Å²) in [7, 11) is 0. The highest BCUT2D eigenvalue weighted by Gasteiger charge is 2.23. The van der Waals surface area contributed by atoms with Crippen molar-refractivity contribution in [3.8, 4) is 0 Å². The molecule has 5 nitrogen and oxygen atoms in total. The summed E-state index contributed by atoms with van der Waals surface area (Å²) >= 11 is 0. The van der Waals surface area contributed by atoms with Gasteiger partial charge >= 0.3 is 0 Å². The fraction of sp³-hybridized carbons (Fsp3) is 0.588. The Hall–Kier alpha value is -1.43. The zero-order valence-electron chi connectivity index (χ0n) is 13.4. The lowest BCUT2D eigenvalue weighted by atomic mass is 10.1. The molecule has 1 amide bonds. The molecule has 0 bridgehead atoms. The number of carbonyl (C=O) groups is 1. The lowest BCUT2D eigenvalue weighted by Gasteiger charge is -2.34. The fourth-order valence-corrected chi connectivity index (χ4v) is 2.68. The highest BCUT2D eigenvalue weighted by molar-refractivity contribution is 5.81. The van der Waals surface area contributed by atoms with Crippen LogP contribution in [0.5, 0.6) is 0 Å². The first-order chi connectivity index (χ1) is 10.6. The molecule has 0 aliphatic carbocycles. The Morgan fingerprint density at radius 3 is 2.82 bits per heavy atom. The monoisotopic (exact) mass is 306 g/mol. The van der Waals surface area contributed by atoms with E-state index in [1.807, 2.05) is 6.07 Å². The molecule has 2 N–H and O–H groups in total. The normalized spacial score (nSPS) is 20.8. The highest BCUT2D eigenvalue weighted by atomic mass is 16.5. The van der Waals surface area contributed by atoms with Gasteiger partial charge in [0.25, 0.3) is 5.91 Å². The number of hydrogen-bond acceptors (Lipinski definition) is 4. The number of hydrogen-bond donors (Lipinski definition) is 2. The first-order valence-corrected chi connectivity index (χ1v) is 7.91. The summed E-state index contributed by atoms with van der Waals surface area (Å²) in [5, 5.41) is 12.8. The predicted molar refractivity (Wildman–Crippen MR) is 85.4 cm³/mol. The quantitative estimate of drug-likeness (QED) is 0.829. The minimum atomic E-state index is -1.13. The van der Waals surface area contributed by atoms with E-state index in [1.54, 1.807) is 24.3 Å². The van der Waals surface area contributed by atoms with Crippen LogP contribution in [0.1, 0.15) is 25.5 Å². The number of rotatable bonds is 6. The van der Waals surface area contributed by atoms with Gasteiger partial charge in [0, 0.05) is 26.2 Å². The molecule has 1 fully saturated rings. The molecule has 1 saturated heterocycles. The van der Waals surface area contributed by atoms with Gasteiger partial charge in [0.05, 0.1) is 12.7 Å². The van der Waals surface area contributed by atoms with E-state index in [1.165, 1.54) is 0 Å². The number of nitrogens with zero attached hydrogens (tertiary/aromatic N) is 1. The van der Waals surface area contributed by atoms with Crippen LogP contribution in [0, 0.1) is 5.92 Å². The molecular formula is C17H26N2O3. The molecule has 122 valence electrons. The molecule has 1 heterocycles. The number of benzene rings is 1. The molecule has 2 rings (SSSR count). The Morgan fingerprint density at radius 2 is 2.14 bits per heavy atom. The van der Waals surface area contributed by atoms with E-state index in [2.05, 4.69) is 24.1 Å². The number of amides is 1. The second-order valence-corrected chi connectivity index (χ2v) is 6.20. The number of nitrogens with one attached hydrogen (secondary N) is 1. The Labute approximate surface area is 132 Å². The topological polar surface area (TPSA) is 61.8 Å². The van der Waals surface area contributed by atoms with E-state index in [0.29, 0.717) is 24.6 Å². The van der Waals surface area contributed by atoms with Crippen LogP contribution < -0.4 is 5.32 Å². The summed E-state index contributed by atoms with van der Waals surface area (Å²) in [5.41, 5.74) is 0.603. The summed E-state index contributed by atoms with van der Waals surface area (Å²) in [6.07, 6.45) is -1.14. The van der Waals surface area contributed by atoms with Crippen LogP contribution >= 0.6 is 0 Å². The maximum Gasteiger partial charge on any atom is 0.253 e. The Morgan fingerprint density at radius 1 is 1.41 bits per heavy atom. The van der Waals surface area contributed by atoms with Crippen LogP contribution in [0.2, 0.25) is 0 Å². The van der Waals surface area contributed by atoms with Crippen molar-refractivity contribution in [2.75, 3.05) is 32.8 Å². The van der Waals surface area contributed by atoms with Crippen molar-refractivity contribution in [2.45, 2.75) is 26.1 Å². The van der Waals surface area contributed by atoms with E-state index < -0.39 is 6.10 Å². The van der Waals surface area contributed by atoms with Crippen molar-refractivity contribution in [3.63, 3.8) is 0 Å². The third kappa shape index (κ3) is 5.09. The van der Waals surface area contributed by atoms with Gasteiger partial charge in [0.15, 0.2) is 6.10 Å². The third-order valence-electron chi connectivity index (χ3n) is 3.71. The Balaban J connectivity index is 1.78. The second kappa shape index (κ2) is 8.27. The van der Waals surface area contributed by atoms with Crippen LogP contribution in [0.25, 0.3) is 0 Å². The first kappa shape index (κ1) is 16.9. The van der Waals surface area contributed by atoms with Crippen LogP contribution in [0.3, 0.4) is 0 Å². The van der Waals surface area contributed by atoms with Gasteiger partial charge in [-0.3, -0.25) is 9.69 Å². The zero-order chi connectivity index (χ0) is 15.9. The highest BCUT2D eigenvalue weighted by Crippen LogP contribution is 2.12. The molecule has 5 heteroatoms. The lowest BCUT2D eigenvalue weighted by molar-refractivity contribution is -0.130. The van der Waals surface area contributed by atoms with Crippen molar-refractivity contribution in [2.24, 2.45) is 5.92 Å². The molecule has 2 unspecified atom stereocenters. The molecule has 1 aromatic carbocycles. The van der Waals surface area contributed by atoms with E-state index in [-0.39, 0.29) is 12.0 Å². The molecule has 0 saturated carbocycles. The maximum absolute atomic E-state index is 12.0. The summed E-state index contributed by atoms with van der Waals surface area (Å²) in [6.45, 7) is 8.31. The number of ether oxygens (including phenoxy) is 1. The largest absolute Gasteiger partial charge is 0.378 e. The molecule has 2 atom stereocenters. The van der Waals surface area contributed by atoms with Crippen LogP contribution in [-0.4, -0.2) is 54.8 Å². The van der Waals surface area contributed by atoms with Crippen molar-refractivity contribution in [1.82, 2.24) is 10.2 Å². The SMILES string of the molecule is CC(C)CN1CCOC(CNC(=O)C(O)c2ccccc2)C1. The molecule has 0 spiro atoms. The smallest absolute Gasteiger partial charge is 0.253 e. The molecular weight excluding hydrogens is 280 g/mol. The molecule has 1 aliphatic rings. The molecule has 1 aliphatic heterocycles. The van der Waals surface area contributed by atoms with Crippen LogP contribution in [0.15, 0.2) is 30.3 Å². The van der Waals surface area contributed by atoms with Gasteiger partial charge in [-0.1, -0.05) is 44.2 Å². The summed E-state index contributed by atoms with van der Waals surface area (Å²) in [6, 6.07) is 8.95. The number of carbonyl (C=O) groups excluding carboxylic acids is 1. The number of morpholine rings is 1. The van der Waals surface area contributed by atoms with E-state index in [0.717, 1.165) is 19.6 Å². The molecule has 0 aromatic heterocycles. The van der Waals surface area contributed by atoms with Crippen molar-refractivity contribution in [3.05, 3.63) is 35.9 Å². The van der Waals surface area contributed by atoms with Gasteiger partial charge in [-0.2, -0.15) is 0 Å². The van der Waals surface area contributed by atoms with E-state index in [9.17, 15) is 9.90 Å². The number of aliphatic hydroxyl groups excluding tert-OH is 1. The fourth-order valence-electron chi connectivity index (χ4n) is 2.68. The first-order valence-electron chi connectivity index (χ1n) is 7.91. The molecule has 1 aromatic rings. The van der Waals surface area contributed by atoms with Gasteiger partial charge < -0.3 is 15.2 Å². The van der Waals surface area contributed by atoms with Gasteiger partial charge in [-0.15, -0.1) is 0 Å². The van der Waals surface area contributed by atoms with Gasteiger partial charge in [0.1, 0.15) is 0 Å². The molecule has 22 heavy (non-hydrogen) atoms. The standard InChI is InChI=1S/C17H26N2O3/c1-13(2)11-19-8-9-22-15(12-19)10-18-17(21)16(20)14-6-4-3-5-7-14/h3-7,13,15-16,20H,8-12H2,1-2H3,(H,18,21). The number of aliphatic hydroxyl groups is 1. The average Bonchev–Trinajstić information content (AvgIpc) is 2.52. The van der Waals surface area contributed by atoms with Crippen LogP contribution in [0.4, 0.5) is 0 Å². The Kier molecular flexibility index (Phi) is 6.36. The predicted octanol–water partition coefficient (Wildman–Crippen LogP) is 1.19. The maximum atomic E-state index is 12.0. The van der Waals surface area contributed by atoms with Crippen molar-refractivity contribution < 1.29 is 14.6 Å². The molecule has 0 radical (unpaired) electrons. The summed E-state index contributed by atoms with van der Waals surface area (Å²) in [5.74, 6) is 0.240. The minimum absolute atomic E-state index is 0.0144. The van der Waals surface area contributed by atoms with Gasteiger partial charge in [0.2, 0.25) is 0 Å². The van der Waals surface area contributed by atoms with Crippen molar-refractivity contribution >= 4 is 5.91 Å². The average molecular weight is 306 g/mol. The third-order valence-corrected chi connectivity index (χ3v) is 3.71. The Bertz CT molecular complexity index is 464. The van der Waals surface area contributed by atoms with E-state index in [4.69, 9.17) is 4.74 Å². The van der Waals surface area contributed by atoms with E-state index >= 15 is 0 Å².